The second kappa shape index (κ2) is 11.9. The van der Waals surface area contributed by atoms with Gasteiger partial charge in [0.2, 0.25) is 5.91 Å². The number of hydrogen-bond acceptors (Lipinski definition) is 6. The summed E-state index contributed by atoms with van der Waals surface area (Å²) in [6.07, 6.45) is -0.269. The Morgan fingerprint density at radius 1 is 1.06 bits per heavy atom. The SMILES string of the molecule is COc1ccc(C(=O)Nc2ccc3c(c2)C(=O)N(C)C[C@@H](OC)[C@@H](C)CN(C(C)=O)[C@@H](C)CO3)cc1. The van der Waals surface area contributed by atoms with Gasteiger partial charge in [-0.15, -0.1) is 0 Å². The van der Waals surface area contributed by atoms with Crippen molar-refractivity contribution in [2.24, 2.45) is 5.92 Å². The fourth-order valence-corrected chi connectivity index (χ4v) is 4.24. The predicted octanol–water partition coefficient (Wildman–Crippen LogP) is 3.30. The van der Waals surface area contributed by atoms with Crippen molar-refractivity contribution in [2.45, 2.75) is 32.9 Å². The van der Waals surface area contributed by atoms with Crippen molar-refractivity contribution in [3.05, 3.63) is 53.6 Å². The molecule has 0 bridgehead atoms. The van der Waals surface area contributed by atoms with Crippen molar-refractivity contribution in [1.82, 2.24) is 9.80 Å². The number of nitrogens with zero attached hydrogens (tertiary/aromatic N) is 2. The number of carbonyl (C=O) groups excluding carboxylic acids is 3. The molecule has 2 aromatic carbocycles. The highest BCUT2D eigenvalue weighted by atomic mass is 16.5. The average Bonchev–Trinajstić information content (AvgIpc) is 2.87. The fraction of sp³-hybridized carbons (Fsp3) is 0.444. The quantitative estimate of drug-likeness (QED) is 0.696. The molecule has 9 nitrogen and oxygen atoms in total. The molecule has 1 heterocycles. The van der Waals surface area contributed by atoms with Gasteiger partial charge < -0.3 is 29.3 Å². The van der Waals surface area contributed by atoms with E-state index < -0.39 is 0 Å². The Kier molecular flexibility index (Phi) is 8.93. The molecule has 0 saturated carbocycles. The number of benzene rings is 2. The maximum absolute atomic E-state index is 13.5. The summed E-state index contributed by atoms with van der Waals surface area (Å²) in [5.41, 5.74) is 1.23. The Hall–Kier alpha value is -3.59. The first-order chi connectivity index (χ1) is 17.1. The van der Waals surface area contributed by atoms with Crippen LogP contribution in [-0.2, 0) is 9.53 Å². The maximum atomic E-state index is 13.5. The number of methoxy groups -OCH3 is 2. The standard InChI is InChI=1S/C27H35N3O6/c1-17-14-30(19(3)31)18(2)16-36-24-12-9-21(13-23(24)27(33)29(4)15-25(17)35-6)28-26(32)20-7-10-22(34-5)11-8-20/h7-13,17-18,25H,14-16H2,1-6H3,(H,28,32)/t17-,18-,25+/m0/s1. The number of rotatable bonds is 4. The Morgan fingerprint density at radius 2 is 1.75 bits per heavy atom. The highest BCUT2D eigenvalue weighted by molar-refractivity contribution is 6.05. The van der Waals surface area contributed by atoms with E-state index in [-0.39, 0.29) is 42.4 Å². The van der Waals surface area contributed by atoms with Crippen LogP contribution in [-0.4, -0.2) is 80.6 Å². The van der Waals surface area contributed by atoms with Gasteiger partial charge in [0.25, 0.3) is 11.8 Å². The van der Waals surface area contributed by atoms with Gasteiger partial charge in [-0.25, -0.2) is 0 Å². The number of anilines is 1. The largest absolute Gasteiger partial charge is 0.497 e. The molecule has 0 saturated heterocycles. The Labute approximate surface area is 212 Å². The van der Waals surface area contributed by atoms with Gasteiger partial charge in [0.1, 0.15) is 18.1 Å². The Morgan fingerprint density at radius 3 is 2.36 bits per heavy atom. The molecule has 1 N–H and O–H groups in total. The van der Waals surface area contributed by atoms with Gasteiger partial charge in [-0.3, -0.25) is 14.4 Å². The summed E-state index contributed by atoms with van der Waals surface area (Å²) in [4.78, 5) is 41.9. The zero-order valence-corrected chi connectivity index (χ0v) is 21.7. The van der Waals surface area contributed by atoms with Gasteiger partial charge in [-0.05, 0) is 49.4 Å². The van der Waals surface area contributed by atoms with Crippen LogP contribution in [0.4, 0.5) is 5.69 Å². The lowest BCUT2D eigenvalue weighted by Crippen LogP contribution is -2.48. The van der Waals surface area contributed by atoms with E-state index >= 15 is 0 Å². The van der Waals surface area contributed by atoms with Gasteiger partial charge >= 0.3 is 0 Å². The minimum atomic E-state index is -0.313. The summed E-state index contributed by atoms with van der Waals surface area (Å²) in [6, 6.07) is 11.5. The predicted molar refractivity (Wildman–Crippen MR) is 137 cm³/mol. The summed E-state index contributed by atoms with van der Waals surface area (Å²) in [6.45, 7) is 6.49. The number of likely N-dealkylation sites (N-methyl/N-ethyl adjacent to an activating group) is 1. The molecule has 3 atom stereocenters. The summed E-state index contributed by atoms with van der Waals surface area (Å²) in [5.74, 6) is 0.408. The lowest BCUT2D eigenvalue weighted by molar-refractivity contribution is -0.133. The van der Waals surface area contributed by atoms with Crippen LogP contribution in [0, 0.1) is 5.92 Å². The van der Waals surface area contributed by atoms with E-state index in [0.29, 0.717) is 41.4 Å². The molecule has 9 heteroatoms. The van der Waals surface area contributed by atoms with E-state index in [1.807, 2.05) is 13.8 Å². The molecular formula is C27H35N3O6. The molecule has 0 aromatic heterocycles. The normalized spacial score (nSPS) is 20.9. The van der Waals surface area contributed by atoms with Crippen molar-refractivity contribution >= 4 is 23.4 Å². The van der Waals surface area contributed by atoms with Crippen molar-refractivity contribution in [3.8, 4) is 11.5 Å². The molecule has 0 spiro atoms. The average molecular weight is 498 g/mol. The maximum Gasteiger partial charge on any atom is 0.257 e. The summed E-state index contributed by atoms with van der Waals surface area (Å²) in [7, 11) is 4.87. The topological polar surface area (TPSA) is 97.4 Å². The first kappa shape index (κ1) is 27.0. The molecule has 0 fully saturated rings. The van der Waals surface area contributed by atoms with Crippen LogP contribution in [0.2, 0.25) is 0 Å². The highest BCUT2D eigenvalue weighted by Gasteiger charge is 2.29. The van der Waals surface area contributed by atoms with Gasteiger partial charge in [-0.1, -0.05) is 6.92 Å². The van der Waals surface area contributed by atoms with Crippen LogP contribution in [0.5, 0.6) is 11.5 Å². The third-order valence-electron chi connectivity index (χ3n) is 6.46. The number of ether oxygens (including phenoxy) is 3. The molecule has 1 aliphatic rings. The number of fused-ring (bicyclic) bond motifs is 1. The molecule has 0 radical (unpaired) electrons. The van der Waals surface area contributed by atoms with Gasteiger partial charge in [0, 0.05) is 51.3 Å². The first-order valence-corrected chi connectivity index (χ1v) is 11.9. The van der Waals surface area contributed by atoms with Crippen molar-refractivity contribution < 1.29 is 28.6 Å². The fourth-order valence-electron chi connectivity index (χ4n) is 4.24. The number of amides is 3. The van der Waals surface area contributed by atoms with E-state index in [0.717, 1.165) is 0 Å². The first-order valence-electron chi connectivity index (χ1n) is 11.9. The molecule has 2 aromatic rings. The second-order valence-corrected chi connectivity index (χ2v) is 9.16. The van der Waals surface area contributed by atoms with E-state index in [2.05, 4.69) is 5.32 Å². The molecule has 3 amide bonds. The summed E-state index contributed by atoms with van der Waals surface area (Å²) in [5, 5.41) is 2.84. The molecule has 36 heavy (non-hydrogen) atoms. The lowest BCUT2D eigenvalue weighted by Gasteiger charge is -2.35. The molecule has 0 aliphatic carbocycles. The van der Waals surface area contributed by atoms with E-state index in [4.69, 9.17) is 14.2 Å². The van der Waals surface area contributed by atoms with Crippen molar-refractivity contribution in [2.75, 3.05) is 46.3 Å². The number of hydrogen-bond donors (Lipinski definition) is 1. The van der Waals surface area contributed by atoms with Crippen molar-refractivity contribution in [1.29, 1.82) is 0 Å². The number of nitrogens with one attached hydrogen (secondary N) is 1. The van der Waals surface area contributed by atoms with Crippen LogP contribution < -0.4 is 14.8 Å². The summed E-state index contributed by atoms with van der Waals surface area (Å²) >= 11 is 0. The minimum absolute atomic E-state index is 0.00869. The van der Waals surface area contributed by atoms with E-state index in [9.17, 15) is 14.4 Å². The van der Waals surface area contributed by atoms with Crippen LogP contribution in [0.25, 0.3) is 0 Å². The van der Waals surface area contributed by atoms with Crippen LogP contribution in [0.3, 0.4) is 0 Å². The number of carbonyl (C=O) groups is 3. The Bertz CT molecular complexity index is 1090. The van der Waals surface area contributed by atoms with Crippen LogP contribution in [0.15, 0.2) is 42.5 Å². The minimum Gasteiger partial charge on any atom is -0.497 e. The smallest absolute Gasteiger partial charge is 0.257 e. The third-order valence-corrected chi connectivity index (χ3v) is 6.46. The molecule has 1 aliphatic heterocycles. The zero-order chi connectivity index (χ0) is 26.4. The monoisotopic (exact) mass is 497 g/mol. The van der Waals surface area contributed by atoms with Gasteiger partial charge in [0.05, 0.1) is 24.8 Å². The zero-order valence-electron chi connectivity index (χ0n) is 21.7. The van der Waals surface area contributed by atoms with Gasteiger partial charge in [-0.2, -0.15) is 0 Å². The molecule has 0 unspecified atom stereocenters. The Balaban J connectivity index is 1.92. The highest BCUT2D eigenvalue weighted by Crippen LogP contribution is 2.27. The van der Waals surface area contributed by atoms with E-state index in [1.54, 1.807) is 73.5 Å². The molecule has 3 rings (SSSR count). The van der Waals surface area contributed by atoms with Crippen LogP contribution in [0.1, 0.15) is 41.5 Å². The second-order valence-electron chi connectivity index (χ2n) is 9.16. The molecular weight excluding hydrogens is 462 g/mol. The van der Waals surface area contributed by atoms with Crippen LogP contribution >= 0.6 is 0 Å². The molecule has 194 valence electrons. The van der Waals surface area contributed by atoms with Crippen molar-refractivity contribution in [3.63, 3.8) is 0 Å². The van der Waals surface area contributed by atoms with E-state index in [1.165, 1.54) is 6.92 Å². The van der Waals surface area contributed by atoms with Gasteiger partial charge in [0.15, 0.2) is 0 Å². The summed E-state index contributed by atoms with van der Waals surface area (Å²) < 4.78 is 16.9. The lowest BCUT2D eigenvalue weighted by atomic mass is 10.0. The third kappa shape index (κ3) is 6.34.